The number of rotatable bonds is 3. The zero-order chi connectivity index (χ0) is 10.7. The summed E-state index contributed by atoms with van der Waals surface area (Å²) in [6, 6.07) is 9.00. The Morgan fingerprint density at radius 2 is 2.20 bits per heavy atom. The summed E-state index contributed by atoms with van der Waals surface area (Å²) in [5.74, 6) is 1.58. The van der Waals surface area contributed by atoms with E-state index in [1.807, 2.05) is 0 Å². The Hall–Kier alpha value is -0.820. The molecule has 0 aromatic heterocycles. The number of hydrogen-bond acceptors (Lipinski definition) is 1. The van der Waals surface area contributed by atoms with Gasteiger partial charge >= 0.3 is 0 Å². The molecule has 15 heavy (non-hydrogen) atoms. The molecule has 1 aromatic carbocycles. The van der Waals surface area contributed by atoms with Gasteiger partial charge in [0.25, 0.3) is 0 Å². The summed E-state index contributed by atoms with van der Waals surface area (Å²) in [6.07, 6.45) is 2.65. The molecule has 0 bridgehead atoms. The Bertz CT molecular complexity index is 319. The van der Waals surface area contributed by atoms with E-state index in [2.05, 4.69) is 43.4 Å². The van der Waals surface area contributed by atoms with Crippen LogP contribution in [0.25, 0.3) is 0 Å². The van der Waals surface area contributed by atoms with Crippen LogP contribution in [0.5, 0.6) is 0 Å². The van der Waals surface area contributed by atoms with Crippen molar-refractivity contribution in [1.82, 2.24) is 5.32 Å². The van der Waals surface area contributed by atoms with E-state index >= 15 is 0 Å². The molecule has 1 aromatic rings. The number of nitrogens with one attached hydrogen (secondary N) is 1. The van der Waals surface area contributed by atoms with Crippen LogP contribution in [0.1, 0.15) is 36.8 Å². The Morgan fingerprint density at radius 3 is 2.93 bits per heavy atom. The van der Waals surface area contributed by atoms with Crippen LogP contribution >= 0.6 is 0 Å². The van der Waals surface area contributed by atoms with Crippen LogP contribution in [0.4, 0.5) is 0 Å². The van der Waals surface area contributed by atoms with Crippen molar-refractivity contribution < 1.29 is 0 Å². The molecule has 1 aliphatic rings. The van der Waals surface area contributed by atoms with Gasteiger partial charge in [-0.15, -0.1) is 0 Å². The SMILES string of the molecule is CCC[C@@H]1CNC[C@H]1c1cccc(C)c1. The summed E-state index contributed by atoms with van der Waals surface area (Å²) in [7, 11) is 0. The van der Waals surface area contributed by atoms with Crippen LogP contribution in [0, 0.1) is 12.8 Å². The van der Waals surface area contributed by atoms with E-state index in [9.17, 15) is 0 Å². The lowest BCUT2D eigenvalue weighted by atomic mass is 9.86. The van der Waals surface area contributed by atoms with Crippen molar-refractivity contribution >= 4 is 0 Å². The van der Waals surface area contributed by atoms with Gasteiger partial charge in [-0.2, -0.15) is 0 Å². The first-order chi connectivity index (χ1) is 7.31. The molecule has 0 spiro atoms. The summed E-state index contributed by atoms with van der Waals surface area (Å²) in [4.78, 5) is 0. The summed E-state index contributed by atoms with van der Waals surface area (Å²) >= 11 is 0. The monoisotopic (exact) mass is 203 g/mol. The summed E-state index contributed by atoms with van der Waals surface area (Å²) < 4.78 is 0. The molecule has 2 rings (SSSR count). The first kappa shape index (κ1) is 10.7. The second kappa shape index (κ2) is 4.80. The lowest BCUT2D eigenvalue weighted by Gasteiger charge is -2.18. The molecule has 0 aliphatic carbocycles. The molecule has 1 heterocycles. The predicted molar refractivity (Wildman–Crippen MR) is 65.2 cm³/mol. The van der Waals surface area contributed by atoms with Gasteiger partial charge in [-0.25, -0.2) is 0 Å². The first-order valence-corrected chi connectivity index (χ1v) is 6.08. The topological polar surface area (TPSA) is 12.0 Å². The van der Waals surface area contributed by atoms with Crippen LogP contribution in [-0.2, 0) is 0 Å². The van der Waals surface area contributed by atoms with Crippen LogP contribution in [0.15, 0.2) is 24.3 Å². The van der Waals surface area contributed by atoms with Crippen molar-refractivity contribution in [3.05, 3.63) is 35.4 Å². The van der Waals surface area contributed by atoms with Gasteiger partial charge in [-0.3, -0.25) is 0 Å². The normalized spacial score (nSPS) is 25.7. The van der Waals surface area contributed by atoms with E-state index in [1.165, 1.54) is 30.5 Å². The van der Waals surface area contributed by atoms with E-state index in [0.717, 1.165) is 18.4 Å². The van der Waals surface area contributed by atoms with E-state index in [4.69, 9.17) is 0 Å². The minimum absolute atomic E-state index is 0.741. The van der Waals surface area contributed by atoms with E-state index in [0.29, 0.717) is 0 Å². The Kier molecular flexibility index (Phi) is 3.42. The van der Waals surface area contributed by atoms with Gasteiger partial charge < -0.3 is 5.32 Å². The zero-order valence-electron chi connectivity index (χ0n) is 9.79. The minimum atomic E-state index is 0.741. The Morgan fingerprint density at radius 1 is 1.33 bits per heavy atom. The quantitative estimate of drug-likeness (QED) is 0.796. The maximum Gasteiger partial charge on any atom is 0.00234 e. The molecule has 1 fully saturated rings. The molecule has 1 nitrogen and oxygen atoms in total. The van der Waals surface area contributed by atoms with Crippen molar-refractivity contribution in [3.8, 4) is 0 Å². The molecular weight excluding hydrogens is 182 g/mol. The van der Waals surface area contributed by atoms with Gasteiger partial charge in [0.2, 0.25) is 0 Å². The average Bonchev–Trinajstić information content (AvgIpc) is 2.66. The standard InChI is InChI=1S/C14H21N/c1-3-5-13-9-15-10-14(13)12-7-4-6-11(2)8-12/h4,6-8,13-15H,3,5,9-10H2,1-2H3/t13-,14+/m1/s1. The third-order valence-corrected chi connectivity index (χ3v) is 3.47. The fourth-order valence-electron chi connectivity index (χ4n) is 2.70. The fraction of sp³-hybridized carbons (Fsp3) is 0.571. The fourth-order valence-corrected chi connectivity index (χ4v) is 2.70. The predicted octanol–water partition coefficient (Wildman–Crippen LogP) is 3.10. The van der Waals surface area contributed by atoms with Crippen molar-refractivity contribution in [2.75, 3.05) is 13.1 Å². The molecule has 82 valence electrons. The third-order valence-electron chi connectivity index (χ3n) is 3.47. The van der Waals surface area contributed by atoms with Crippen LogP contribution in [0.3, 0.4) is 0 Å². The van der Waals surface area contributed by atoms with Crippen LogP contribution < -0.4 is 5.32 Å². The maximum absolute atomic E-state index is 3.53. The van der Waals surface area contributed by atoms with Gasteiger partial charge in [-0.05, 0) is 31.4 Å². The van der Waals surface area contributed by atoms with Gasteiger partial charge in [0.05, 0.1) is 0 Å². The van der Waals surface area contributed by atoms with Crippen molar-refractivity contribution in [1.29, 1.82) is 0 Å². The molecule has 1 heteroatoms. The molecule has 0 radical (unpaired) electrons. The maximum atomic E-state index is 3.53. The second-order valence-electron chi connectivity index (χ2n) is 4.73. The second-order valence-corrected chi connectivity index (χ2v) is 4.73. The van der Waals surface area contributed by atoms with Crippen molar-refractivity contribution in [3.63, 3.8) is 0 Å². The highest BCUT2D eigenvalue weighted by Crippen LogP contribution is 2.31. The Balaban J connectivity index is 2.15. The van der Waals surface area contributed by atoms with Gasteiger partial charge in [-0.1, -0.05) is 43.2 Å². The van der Waals surface area contributed by atoms with Gasteiger partial charge in [0.15, 0.2) is 0 Å². The summed E-state index contributed by atoms with van der Waals surface area (Å²) in [6.45, 7) is 6.83. The van der Waals surface area contributed by atoms with E-state index < -0.39 is 0 Å². The van der Waals surface area contributed by atoms with E-state index in [-0.39, 0.29) is 0 Å². The molecule has 1 saturated heterocycles. The zero-order valence-corrected chi connectivity index (χ0v) is 9.79. The largest absolute Gasteiger partial charge is 0.316 e. The highest BCUT2D eigenvalue weighted by atomic mass is 14.9. The van der Waals surface area contributed by atoms with Crippen LogP contribution in [0.2, 0.25) is 0 Å². The van der Waals surface area contributed by atoms with Crippen molar-refractivity contribution in [2.45, 2.75) is 32.6 Å². The first-order valence-electron chi connectivity index (χ1n) is 6.08. The summed E-state index contributed by atoms with van der Waals surface area (Å²) in [5, 5.41) is 3.53. The van der Waals surface area contributed by atoms with Crippen LogP contribution in [-0.4, -0.2) is 13.1 Å². The molecule has 1 aliphatic heterocycles. The molecule has 1 N–H and O–H groups in total. The van der Waals surface area contributed by atoms with Gasteiger partial charge in [0.1, 0.15) is 0 Å². The number of aryl methyl sites for hydroxylation is 1. The number of hydrogen-bond donors (Lipinski definition) is 1. The van der Waals surface area contributed by atoms with Crippen molar-refractivity contribution in [2.24, 2.45) is 5.92 Å². The summed E-state index contributed by atoms with van der Waals surface area (Å²) in [5.41, 5.74) is 2.91. The minimum Gasteiger partial charge on any atom is -0.316 e. The Labute approximate surface area is 92.9 Å². The molecule has 0 saturated carbocycles. The average molecular weight is 203 g/mol. The highest BCUT2D eigenvalue weighted by Gasteiger charge is 2.27. The third kappa shape index (κ3) is 2.40. The van der Waals surface area contributed by atoms with Gasteiger partial charge in [0, 0.05) is 12.5 Å². The molecule has 2 atom stereocenters. The lowest BCUT2D eigenvalue weighted by molar-refractivity contribution is 0.473. The number of benzene rings is 1. The molecular formula is C14H21N. The highest BCUT2D eigenvalue weighted by molar-refractivity contribution is 5.27. The lowest BCUT2D eigenvalue weighted by Crippen LogP contribution is -2.10. The van der Waals surface area contributed by atoms with E-state index in [1.54, 1.807) is 0 Å². The smallest absolute Gasteiger partial charge is 0.00234 e. The molecule has 0 amide bonds. The molecule has 0 unspecified atom stereocenters.